The van der Waals surface area contributed by atoms with E-state index in [2.05, 4.69) is 31.3 Å². The molecule has 0 aliphatic carbocycles. The topological polar surface area (TPSA) is 12.0 Å². The molecular formula is C12H18FN. The molecule has 0 aliphatic rings. The average Bonchev–Trinajstić information content (AvgIpc) is 2.19. The minimum absolute atomic E-state index is 0.402. The van der Waals surface area contributed by atoms with Gasteiger partial charge in [-0.2, -0.15) is 0 Å². The summed E-state index contributed by atoms with van der Waals surface area (Å²) in [5, 5.41) is 3.09. The van der Waals surface area contributed by atoms with Crippen LogP contribution in [0, 0.1) is 13.8 Å². The Balaban J connectivity index is 2.55. The lowest BCUT2D eigenvalue weighted by atomic mass is 10.1. The SMILES string of the molecule is CCC(F)CNc1ccc(C)c(C)c1. The third-order valence-electron chi connectivity index (χ3n) is 2.48. The van der Waals surface area contributed by atoms with Gasteiger partial charge in [-0.1, -0.05) is 13.0 Å². The number of benzene rings is 1. The second kappa shape index (κ2) is 4.99. The summed E-state index contributed by atoms with van der Waals surface area (Å²) in [6, 6.07) is 6.10. The molecule has 0 saturated heterocycles. The van der Waals surface area contributed by atoms with E-state index in [9.17, 15) is 4.39 Å². The van der Waals surface area contributed by atoms with Gasteiger partial charge in [0.15, 0.2) is 0 Å². The van der Waals surface area contributed by atoms with Crippen LogP contribution in [-0.4, -0.2) is 12.7 Å². The van der Waals surface area contributed by atoms with Crippen LogP contribution in [-0.2, 0) is 0 Å². The predicted molar refractivity (Wildman–Crippen MR) is 59.6 cm³/mol. The van der Waals surface area contributed by atoms with Gasteiger partial charge in [-0.3, -0.25) is 0 Å². The summed E-state index contributed by atoms with van der Waals surface area (Å²) in [5.41, 5.74) is 3.51. The van der Waals surface area contributed by atoms with Crippen molar-refractivity contribution >= 4 is 5.69 Å². The zero-order valence-electron chi connectivity index (χ0n) is 9.10. The number of rotatable bonds is 4. The van der Waals surface area contributed by atoms with Gasteiger partial charge < -0.3 is 5.32 Å². The first-order valence-corrected chi connectivity index (χ1v) is 5.08. The van der Waals surface area contributed by atoms with Crippen molar-refractivity contribution in [2.24, 2.45) is 0 Å². The molecule has 1 atom stereocenters. The molecule has 0 aromatic heterocycles. The molecule has 1 rings (SSSR count). The summed E-state index contributed by atoms with van der Waals surface area (Å²) >= 11 is 0. The summed E-state index contributed by atoms with van der Waals surface area (Å²) < 4.78 is 12.9. The summed E-state index contributed by atoms with van der Waals surface area (Å²) in [7, 11) is 0. The normalized spacial score (nSPS) is 12.6. The lowest BCUT2D eigenvalue weighted by Crippen LogP contribution is -2.13. The quantitative estimate of drug-likeness (QED) is 0.775. The van der Waals surface area contributed by atoms with Crippen LogP contribution in [0.15, 0.2) is 18.2 Å². The van der Waals surface area contributed by atoms with Crippen LogP contribution in [0.4, 0.5) is 10.1 Å². The molecule has 2 heteroatoms. The van der Waals surface area contributed by atoms with Crippen molar-refractivity contribution in [3.05, 3.63) is 29.3 Å². The van der Waals surface area contributed by atoms with Crippen molar-refractivity contribution in [1.82, 2.24) is 0 Å². The van der Waals surface area contributed by atoms with Crippen molar-refractivity contribution in [2.45, 2.75) is 33.4 Å². The molecule has 78 valence electrons. The molecule has 1 unspecified atom stereocenters. The maximum absolute atomic E-state index is 12.9. The minimum atomic E-state index is -0.753. The molecule has 0 amide bonds. The largest absolute Gasteiger partial charge is 0.382 e. The standard InChI is InChI=1S/C12H18FN/c1-4-11(13)8-14-12-6-5-9(2)10(3)7-12/h5-7,11,14H,4,8H2,1-3H3. The highest BCUT2D eigenvalue weighted by Gasteiger charge is 2.02. The van der Waals surface area contributed by atoms with Gasteiger partial charge >= 0.3 is 0 Å². The Morgan fingerprint density at radius 3 is 2.57 bits per heavy atom. The number of hydrogen-bond donors (Lipinski definition) is 1. The first-order chi connectivity index (χ1) is 6.63. The van der Waals surface area contributed by atoms with E-state index in [0.717, 1.165) is 5.69 Å². The van der Waals surface area contributed by atoms with Gasteiger partial charge in [0.1, 0.15) is 6.17 Å². The van der Waals surface area contributed by atoms with Crippen molar-refractivity contribution in [3.8, 4) is 0 Å². The maximum Gasteiger partial charge on any atom is 0.117 e. The van der Waals surface area contributed by atoms with E-state index >= 15 is 0 Å². The van der Waals surface area contributed by atoms with Crippen molar-refractivity contribution in [1.29, 1.82) is 0 Å². The first-order valence-electron chi connectivity index (χ1n) is 5.08. The minimum Gasteiger partial charge on any atom is -0.382 e. The molecule has 0 spiro atoms. The highest BCUT2D eigenvalue weighted by Crippen LogP contribution is 2.14. The highest BCUT2D eigenvalue weighted by molar-refractivity contribution is 5.48. The van der Waals surface area contributed by atoms with Crippen LogP contribution in [0.3, 0.4) is 0 Å². The van der Waals surface area contributed by atoms with Crippen molar-refractivity contribution in [2.75, 3.05) is 11.9 Å². The molecule has 14 heavy (non-hydrogen) atoms. The number of alkyl halides is 1. The Hall–Kier alpha value is -1.05. The molecule has 0 saturated carbocycles. The summed E-state index contributed by atoms with van der Waals surface area (Å²) in [5.74, 6) is 0. The fraction of sp³-hybridized carbons (Fsp3) is 0.500. The summed E-state index contributed by atoms with van der Waals surface area (Å²) in [6.07, 6.45) is -0.186. The number of nitrogens with one attached hydrogen (secondary N) is 1. The molecule has 0 fully saturated rings. The van der Waals surface area contributed by atoms with Crippen LogP contribution in [0.5, 0.6) is 0 Å². The predicted octanol–water partition coefficient (Wildman–Crippen LogP) is 3.46. The van der Waals surface area contributed by atoms with Crippen LogP contribution in [0.25, 0.3) is 0 Å². The lowest BCUT2D eigenvalue weighted by Gasteiger charge is -2.10. The lowest BCUT2D eigenvalue weighted by molar-refractivity contribution is 0.340. The first kappa shape index (κ1) is 11.0. The third kappa shape index (κ3) is 3.02. The Morgan fingerprint density at radius 1 is 1.29 bits per heavy atom. The fourth-order valence-electron chi connectivity index (χ4n) is 1.22. The van der Waals surface area contributed by atoms with Gasteiger partial charge in [0.05, 0.1) is 0 Å². The Kier molecular flexibility index (Phi) is 3.93. The molecule has 0 radical (unpaired) electrons. The Labute approximate surface area is 85.3 Å². The van der Waals surface area contributed by atoms with Gasteiger partial charge in [0.2, 0.25) is 0 Å². The maximum atomic E-state index is 12.9. The fourth-order valence-corrected chi connectivity index (χ4v) is 1.22. The van der Waals surface area contributed by atoms with E-state index < -0.39 is 6.17 Å². The number of halogens is 1. The third-order valence-corrected chi connectivity index (χ3v) is 2.48. The molecule has 1 aromatic carbocycles. The van der Waals surface area contributed by atoms with Crippen LogP contribution < -0.4 is 5.32 Å². The van der Waals surface area contributed by atoms with Gasteiger partial charge in [-0.05, 0) is 43.5 Å². The molecule has 1 aromatic rings. The van der Waals surface area contributed by atoms with Crippen LogP contribution >= 0.6 is 0 Å². The van der Waals surface area contributed by atoms with E-state index in [-0.39, 0.29) is 0 Å². The van der Waals surface area contributed by atoms with Crippen LogP contribution in [0.1, 0.15) is 24.5 Å². The highest BCUT2D eigenvalue weighted by atomic mass is 19.1. The Bertz CT molecular complexity index is 296. The monoisotopic (exact) mass is 195 g/mol. The van der Waals surface area contributed by atoms with E-state index in [4.69, 9.17) is 0 Å². The van der Waals surface area contributed by atoms with E-state index in [1.807, 2.05) is 13.0 Å². The zero-order chi connectivity index (χ0) is 10.6. The van der Waals surface area contributed by atoms with Crippen LogP contribution in [0.2, 0.25) is 0 Å². The summed E-state index contributed by atoms with van der Waals surface area (Å²) in [4.78, 5) is 0. The van der Waals surface area contributed by atoms with E-state index in [1.54, 1.807) is 0 Å². The second-order valence-electron chi connectivity index (χ2n) is 3.69. The number of hydrogen-bond acceptors (Lipinski definition) is 1. The van der Waals surface area contributed by atoms with Crippen molar-refractivity contribution in [3.63, 3.8) is 0 Å². The van der Waals surface area contributed by atoms with E-state index in [0.29, 0.717) is 13.0 Å². The molecular weight excluding hydrogens is 177 g/mol. The molecule has 0 aliphatic heterocycles. The zero-order valence-corrected chi connectivity index (χ0v) is 9.10. The van der Waals surface area contributed by atoms with Crippen molar-refractivity contribution < 1.29 is 4.39 Å². The molecule has 0 heterocycles. The molecule has 1 N–H and O–H groups in total. The molecule has 1 nitrogen and oxygen atoms in total. The average molecular weight is 195 g/mol. The Morgan fingerprint density at radius 2 is 2.00 bits per heavy atom. The second-order valence-corrected chi connectivity index (χ2v) is 3.69. The smallest absolute Gasteiger partial charge is 0.117 e. The molecule has 0 bridgehead atoms. The summed E-state index contributed by atoms with van der Waals surface area (Å²) in [6.45, 7) is 6.39. The van der Waals surface area contributed by atoms with Gasteiger partial charge in [0.25, 0.3) is 0 Å². The van der Waals surface area contributed by atoms with Gasteiger partial charge in [-0.15, -0.1) is 0 Å². The van der Waals surface area contributed by atoms with E-state index in [1.165, 1.54) is 11.1 Å². The number of anilines is 1. The van der Waals surface area contributed by atoms with Gasteiger partial charge in [-0.25, -0.2) is 4.39 Å². The number of aryl methyl sites for hydroxylation is 2. The van der Waals surface area contributed by atoms with Gasteiger partial charge in [0, 0.05) is 12.2 Å².